The Morgan fingerprint density at radius 2 is 2.10 bits per heavy atom. The van der Waals surface area contributed by atoms with Gasteiger partial charge in [0.15, 0.2) is 0 Å². The zero-order valence-corrected chi connectivity index (χ0v) is 13.5. The Morgan fingerprint density at radius 1 is 1.29 bits per heavy atom. The molecule has 1 aromatic carbocycles. The van der Waals surface area contributed by atoms with Gasteiger partial charge in [0, 0.05) is 5.56 Å². The van der Waals surface area contributed by atoms with E-state index < -0.39 is 0 Å². The Balaban J connectivity index is 2.27. The van der Waals surface area contributed by atoms with Crippen molar-refractivity contribution in [2.24, 2.45) is 11.8 Å². The van der Waals surface area contributed by atoms with Crippen molar-refractivity contribution in [1.82, 2.24) is 5.32 Å². The molecule has 1 N–H and O–H groups in total. The largest absolute Gasteiger partial charge is 0.496 e. The average molecular weight is 293 g/mol. The molecule has 0 radical (unpaired) electrons. The predicted molar refractivity (Wildman–Crippen MR) is 85.4 cm³/mol. The van der Waals surface area contributed by atoms with Gasteiger partial charge in [0.1, 0.15) is 11.6 Å². The maximum Gasteiger partial charge on any atom is 0.123 e. The van der Waals surface area contributed by atoms with Gasteiger partial charge in [0.2, 0.25) is 0 Å². The van der Waals surface area contributed by atoms with Crippen LogP contribution in [0.25, 0.3) is 0 Å². The Bertz CT molecular complexity index is 449. The first-order chi connectivity index (χ1) is 10.2. The number of benzene rings is 1. The van der Waals surface area contributed by atoms with Gasteiger partial charge in [0.25, 0.3) is 0 Å². The first-order valence-electron chi connectivity index (χ1n) is 8.23. The fourth-order valence-corrected chi connectivity index (χ4v) is 3.64. The fraction of sp³-hybridized carbons (Fsp3) is 0.667. The molecule has 0 heterocycles. The van der Waals surface area contributed by atoms with Gasteiger partial charge in [-0.15, -0.1) is 0 Å². The Labute approximate surface area is 128 Å². The lowest BCUT2D eigenvalue weighted by molar-refractivity contribution is 0.222. The van der Waals surface area contributed by atoms with E-state index in [4.69, 9.17) is 4.74 Å². The molecule has 3 unspecified atom stereocenters. The third-order valence-corrected chi connectivity index (χ3v) is 4.93. The standard InChI is InChI=1S/C18H28FNO/c1-4-13-6-7-14(12-20-5-2)16(10-13)17-11-15(19)8-9-18(17)21-3/h8-9,11,13-14,16,20H,4-7,10,12H2,1-3H3. The van der Waals surface area contributed by atoms with E-state index in [1.54, 1.807) is 19.2 Å². The van der Waals surface area contributed by atoms with Crippen molar-refractivity contribution >= 4 is 0 Å². The summed E-state index contributed by atoms with van der Waals surface area (Å²) in [4.78, 5) is 0. The predicted octanol–water partition coefficient (Wildman–Crippen LogP) is 4.35. The summed E-state index contributed by atoms with van der Waals surface area (Å²) >= 11 is 0. The molecule has 0 amide bonds. The van der Waals surface area contributed by atoms with Gasteiger partial charge in [-0.2, -0.15) is 0 Å². The van der Waals surface area contributed by atoms with Crippen molar-refractivity contribution in [2.45, 2.75) is 45.4 Å². The molecule has 1 aromatic rings. The molecule has 0 bridgehead atoms. The minimum absolute atomic E-state index is 0.161. The number of nitrogens with one attached hydrogen (secondary N) is 1. The highest BCUT2D eigenvalue weighted by atomic mass is 19.1. The minimum Gasteiger partial charge on any atom is -0.496 e. The maximum atomic E-state index is 13.7. The fourth-order valence-electron chi connectivity index (χ4n) is 3.64. The number of halogens is 1. The molecule has 1 aliphatic carbocycles. The molecular weight excluding hydrogens is 265 g/mol. The summed E-state index contributed by atoms with van der Waals surface area (Å²) in [7, 11) is 1.68. The second-order valence-electron chi connectivity index (χ2n) is 6.15. The van der Waals surface area contributed by atoms with E-state index in [2.05, 4.69) is 19.2 Å². The van der Waals surface area contributed by atoms with Crippen LogP contribution in [0.3, 0.4) is 0 Å². The summed E-state index contributed by atoms with van der Waals surface area (Å²) in [6.45, 7) is 6.39. The van der Waals surface area contributed by atoms with Crippen LogP contribution in [0.1, 0.15) is 51.0 Å². The van der Waals surface area contributed by atoms with E-state index >= 15 is 0 Å². The Morgan fingerprint density at radius 3 is 2.76 bits per heavy atom. The maximum absolute atomic E-state index is 13.7. The number of hydrogen-bond donors (Lipinski definition) is 1. The van der Waals surface area contributed by atoms with Crippen molar-refractivity contribution in [1.29, 1.82) is 0 Å². The molecule has 3 atom stereocenters. The minimum atomic E-state index is -0.161. The average Bonchev–Trinajstić information content (AvgIpc) is 2.52. The van der Waals surface area contributed by atoms with Crippen molar-refractivity contribution < 1.29 is 9.13 Å². The van der Waals surface area contributed by atoms with Crippen LogP contribution >= 0.6 is 0 Å². The summed E-state index contributed by atoms with van der Waals surface area (Å²) in [5.74, 6) is 2.39. The van der Waals surface area contributed by atoms with Gasteiger partial charge in [-0.3, -0.25) is 0 Å². The van der Waals surface area contributed by atoms with Crippen molar-refractivity contribution in [3.63, 3.8) is 0 Å². The van der Waals surface area contributed by atoms with E-state index in [9.17, 15) is 4.39 Å². The van der Waals surface area contributed by atoms with Crippen LogP contribution in [-0.2, 0) is 0 Å². The molecule has 2 rings (SSSR count). The molecule has 118 valence electrons. The Hall–Kier alpha value is -1.09. The van der Waals surface area contributed by atoms with Gasteiger partial charge in [-0.1, -0.05) is 26.7 Å². The zero-order valence-electron chi connectivity index (χ0n) is 13.5. The number of ether oxygens (including phenoxy) is 1. The molecule has 0 spiro atoms. The summed E-state index contributed by atoms with van der Waals surface area (Å²) in [6.07, 6.45) is 4.87. The third-order valence-electron chi connectivity index (χ3n) is 4.93. The van der Waals surface area contributed by atoms with Crippen LogP contribution < -0.4 is 10.1 Å². The van der Waals surface area contributed by atoms with Gasteiger partial charge in [0.05, 0.1) is 7.11 Å². The van der Waals surface area contributed by atoms with E-state index in [0.29, 0.717) is 11.8 Å². The lowest BCUT2D eigenvalue weighted by Crippen LogP contribution is -2.32. The van der Waals surface area contributed by atoms with Crippen LogP contribution in [0.5, 0.6) is 5.75 Å². The van der Waals surface area contributed by atoms with Crippen LogP contribution in [0, 0.1) is 17.7 Å². The smallest absolute Gasteiger partial charge is 0.123 e. The van der Waals surface area contributed by atoms with Crippen molar-refractivity contribution in [3.8, 4) is 5.75 Å². The van der Waals surface area contributed by atoms with Gasteiger partial charge >= 0.3 is 0 Å². The zero-order chi connectivity index (χ0) is 15.2. The molecule has 1 saturated carbocycles. The molecule has 2 nitrogen and oxygen atoms in total. The molecule has 0 aromatic heterocycles. The van der Waals surface area contributed by atoms with Crippen LogP contribution in [0.15, 0.2) is 18.2 Å². The third kappa shape index (κ3) is 3.97. The monoisotopic (exact) mass is 293 g/mol. The molecule has 0 saturated heterocycles. The highest BCUT2D eigenvalue weighted by Gasteiger charge is 2.32. The summed E-state index contributed by atoms with van der Waals surface area (Å²) in [5.41, 5.74) is 1.05. The number of methoxy groups -OCH3 is 1. The highest BCUT2D eigenvalue weighted by molar-refractivity contribution is 5.37. The first-order valence-corrected chi connectivity index (χ1v) is 8.23. The molecule has 3 heteroatoms. The lowest BCUT2D eigenvalue weighted by Gasteiger charge is -2.37. The molecule has 0 aliphatic heterocycles. The van der Waals surface area contributed by atoms with E-state index in [1.165, 1.54) is 25.3 Å². The summed E-state index contributed by atoms with van der Waals surface area (Å²) in [6, 6.07) is 4.94. The number of hydrogen-bond acceptors (Lipinski definition) is 2. The second-order valence-corrected chi connectivity index (χ2v) is 6.15. The van der Waals surface area contributed by atoms with Crippen molar-refractivity contribution in [2.75, 3.05) is 20.2 Å². The Kier molecular flexibility index (Phi) is 6.04. The van der Waals surface area contributed by atoms with Crippen LogP contribution in [0.2, 0.25) is 0 Å². The SMILES string of the molecule is CCNCC1CCC(CC)CC1c1cc(F)ccc1OC. The highest BCUT2D eigenvalue weighted by Crippen LogP contribution is 2.44. The molecule has 21 heavy (non-hydrogen) atoms. The van der Waals surface area contributed by atoms with E-state index in [0.717, 1.165) is 36.7 Å². The normalized spacial score (nSPS) is 25.8. The molecule has 1 fully saturated rings. The topological polar surface area (TPSA) is 21.3 Å². The molecular formula is C18H28FNO. The van der Waals surface area contributed by atoms with Crippen molar-refractivity contribution in [3.05, 3.63) is 29.6 Å². The van der Waals surface area contributed by atoms with Gasteiger partial charge in [-0.25, -0.2) is 4.39 Å². The van der Waals surface area contributed by atoms with E-state index in [1.807, 2.05) is 0 Å². The summed E-state index contributed by atoms with van der Waals surface area (Å²) < 4.78 is 19.2. The quantitative estimate of drug-likeness (QED) is 0.841. The van der Waals surface area contributed by atoms with Crippen LogP contribution in [-0.4, -0.2) is 20.2 Å². The molecule has 1 aliphatic rings. The second kappa shape index (κ2) is 7.79. The van der Waals surface area contributed by atoms with Gasteiger partial charge < -0.3 is 10.1 Å². The summed E-state index contributed by atoms with van der Waals surface area (Å²) in [5, 5.41) is 3.47. The van der Waals surface area contributed by atoms with Gasteiger partial charge in [-0.05, 0) is 61.9 Å². The first kappa shape index (κ1) is 16.3. The number of rotatable bonds is 6. The van der Waals surface area contributed by atoms with Crippen LogP contribution in [0.4, 0.5) is 4.39 Å². The van der Waals surface area contributed by atoms with E-state index in [-0.39, 0.29) is 5.82 Å². The lowest BCUT2D eigenvalue weighted by atomic mass is 9.70.